The summed E-state index contributed by atoms with van der Waals surface area (Å²) in [5.41, 5.74) is 5.68. The first-order chi connectivity index (χ1) is 8.58. The number of rotatable bonds is 9. The molecule has 1 saturated carbocycles. The summed E-state index contributed by atoms with van der Waals surface area (Å²) >= 11 is 0. The van der Waals surface area contributed by atoms with Crippen molar-refractivity contribution in [3.63, 3.8) is 0 Å². The lowest BCUT2D eigenvalue weighted by Crippen LogP contribution is -2.34. The number of nitrogens with two attached hydrogens (primary N) is 1. The van der Waals surface area contributed by atoms with E-state index in [4.69, 9.17) is 10.5 Å². The number of hydrogen-bond donors (Lipinski definition) is 3. The summed E-state index contributed by atoms with van der Waals surface area (Å²) in [7, 11) is 0. The predicted octanol–water partition coefficient (Wildman–Crippen LogP) is 1.34. The zero-order valence-corrected chi connectivity index (χ0v) is 14.3. The van der Waals surface area contributed by atoms with E-state index < -0.39 is 6.10 Å². The van der Waals surface area contributed by atoms with Crippen LogP contribution in [0.3, 0.4) is 0 Å². The van der Waals surface area contributed by atoms with Crippen molar-refractivity contribution in [3.05, 3.63) is 0 Å². The molecule has 4 N–H and O–H groups in total. The van der Waals surface area contributed by atoms with Crippen molar-refractivity contribution in [2.75, 3.05) is 26.3 Å². The average Bonchev–Trinajstić information content (AvgIpc) is 3.10. The number of aliphatic imine (C=N–C) groups is 1. The highest BCUT2D eigenvalue weighted by Gasteiger charge is 2.21. The Morgan fingerprint density at radius 1 is 1.47 bits per heavy atom. The highest BCUT2D eigenvalue weighted by molar-refractivity contribution is 14.0. The fraction of sp³-hybridized carbons (Fsp3) is 0.923. The Labute approximate surface area is 133 Å². The van der Waals surface area contributed by atoms with Gasteiger partial charge >= 0.3 is 0 Å². The van der Waals surface area contributed by atoms with E-state index in [-0.39, 0.29) is 24.0 Å². The van der Waals surface area contributed by atoms with Crippen LogP contribution in [0.25, 0.3) is 0 Å². The number of nitrogens with zero attached hydrogens (tertiary/aromatic N) is 1. The molecule has 1 unspecified atom stereocenters. The molecule has 1 atom stereocenters. The van der Waals surface area contributed by atoms with Gasteiger partial charge in [0.1, 0.15) is 0 Å². The van der Waals surface area contributed by atoms with Crippen molar-refractivity contribution >= 4 is 29.9 Å². The molecule has 5 nitrogen and oxygen atoms in total. The van der Waals surface area contributed by atoms with Crippen molar-refractivity contribution in [2.45, 2.75) is 39.2 Å². The highest BCUT2D eigenvalue weighted by atomic mass is 127. The van der Waals surface area contributed by atoms with Crippen LogP contribution in [0.5, 0.6) is 0 Å². The van der Waals surface area contributed by atoms with Crippen LogP contribution >= 0.6 is 24.0 Å². The molecule has 19 heavy (non-hydrogen) atoms. The van der Waals surface area contributed by atoms with Crippen LogP contribution in [-0.2, 0) is 4.74 Å². The number of halogens is 1. The van der Waals surface area contributed by atoms with Crippen LogP contribution in [0.15, 0.2) is 4.99 Å². The Hall–Kier alpha value is -0.0800. The second-order valence-electron chi connectivity index (χ2n) is 5.47. The fourth-order valence-corrected chi connectivity index (χ4v) is 1.46. The molecule has 0 spiro atoms. The van der Waals surface area contributed by atoms with Crippen LogP contribution < -0.4 is 11.1 Å². The van der Waals surface area contributed by atoms with Gasteiger partial charge in [0, 0.05) is 13.2 Å². The first kappa shape index (κ1) is 18.9. The monoisotopic (exact) mass is 385 g/mol. The fourth-order valence-electron chi connectivity index (χ4n) is 1.46. The van der Waals surface area contributed by atoms with Gasteiger partial charge in [-0.1, -0.05) is 13.8 Å². The van der Waals surface area contributed by atoms with Gasteiger partial charge in [-0.25, -0.2) is 0 Å². The van der Waals surface area contributed by atoms with E-state index in [1.807, 2.05) is 0 Å². The summed E-state index contributed by atoms with van der Waals surface area (Å²) in [5, 5.41) is 12.7. The minimum Gasteiger partial charge on any atom is -0.389 e. The molecular formula is C13H28IN3O2. The van der Waals surface area contributed by atoms with E-state index in [0.717, 1.165) is 25.5 Å². The van der Waals surface area contributed by atoms with Crippen molar-refractivity contribution < 1.29 is 9.84 Å². The maximum absolute atomic E-state index is 9.63. The molecular weight excluding hydrogens is 357 g/mol. The van der Waals surface area contributed by atoms with Crippen molar-refractivity contribution in [2.24, 2.45) is 22.6 Å². The van der Waals surface area contributed by atoms with Gasteiger partial charge in [-0.15, -0.1) is 24.0 Å². The SMILES string of the molecule is CC(C)CCNC(N)=NCC(O)COCC1CC1.I. The predicted molar refractivity (Wildman–Crippen MR) is 88.9 cm³/mol. The quantitative estimate of drug-likeness (QED) is 0.318. The molecule has 114 valence electrons. The topological polar surface area (TPSA) is 79.9 Å². The molecule has 0 aromatic carbocycles. The molecule has 0 heterocycles. The van der Waals surface area contributed by atoms with Gasteiger partial charge in [0.15, 0.2) is 5.96 Å². The second kappa shape index (κ2) is 10.7. The van der Waals surface area contributed by atoms with E-state index in [1.165, 1.54) is 12.8 Å². The van der Waals surface area contributed by atoms with Gasteiger partial charge in [-0.05, 0) is 31.1 Å². The van der Waals surface area contributed by atoms with Crippen LogP contribution in [0.2, 0.25) is 0 Å². The van der Waals surface area contributed by atoms with Crippen molar-refractivity contribution in [1.82, 2.24) is 5.32 Å². The summed E-state index contributed by atoms with van der Waals surface area (Å²) < 4.78 is 5.38. The van der Waals surface area contributed by atoms with E-state index in [1.54, 1.807) is 0 Å². The van der Waals surface area contributed by atoms with Gasteiger partial charge < -0.3 is 20.9 Å². The smallest absolute Gasteiger partial charge is 0.188 e. The van der Waals surface area contributed by atoms with Crippen LogP contribution in [-0.4, -0.2) is 43.5 Å². The molecule has 6 heteroatoms. The largest absolute Gasteiger partial charge is 0.389 e. The van der Waals surface area contributed by atoms with Crippen LogP contribution in [0, 0.1) is 11.8 Å². The molecule has 0 radical (unpaired) electrons. The lowest BCUT2D eigenvalue weighted by Gasteiger charge is -2.10. The minimum atomic E-state index is -0.561. The van der Waals surface area contributed by atoms with Crippen molar-refractivity contribution in [1.29, 1.82) is 0 Å². The molecule has 0 bridgehead atoms. The zero-order valence-electron chi connectivity index (χ0n) is 12.0. The summed E-state index contributed by atoms with van der Waals surface area (Å²) in [5.74, 6) is 1.77. The standard InChI is InChI=1S/C13H27N3O2.HI/c1-10(2)5-6-15-13(14)16-7-12(17)9-18-8-11-3-4-11;/h10-12,17H,3-9H2,1-2H3,(H3,14,15,16);1H. The molecule has 1 aliphatic carbocycles. The normalized spacial score (nSPS) is 17.2. The molecule has 0 amide bonds. The lowest BCUT2D eigenvalue weighted by atomic mass is 10.1. The molecule has 0 aliphatic heterocycles. The third kappa shape index (κ3) is 11.4. The Bertz CT molecular complexity index is 258. The van der Waals surface area contributed by atoms with Gasteiger partial charge in [0.2, 0.25) is 0 Å². The van der Waals surface area contributed by atoms with E-state index in [9.17, 15) is 5.11 Å². The summed E-state index contributed by atoms with van der Waals surface area (Å²) in [6.45, 7) is 6.56. The minimum absolute atomic E-state index is 0. The lowest BCUT2D eigenvalue weighted by molar-refractivity contribution is 0.0368. The average molecular weight is 385 g/mol. The zero-order chi connectivity index (χ0) is 13.4. The number of hydrogen-bond acceptors (Lipinski definition) is 3. The van der Waals surface area contributed by atoms with Crippen molar-refractivity contribution in [3.8, 4) is 0 Å². The van der Waals surface area contributed by atoms with E-state index in [0.29, 0.717) is 25.0 Å². The number of aliphatic hydroxyl groups is 1. The van der Waals surface area contributed by atoms with Gasteiger partial charge in [0.25, 0.3) is 0 Å². The third-order valence-corrected chi connectivity index (χ3v) is 2.86. The Morgan fingerprint density at radius 2 is 2.16 bits per heavy atom. The summed E-state index contributed by atoms with van der Waals surface area (Å²) in [6.07, 6.45) is 3.03. The number of guanidine groups is 1. The summed E-state index contributed by atoms with van der Waals surface area (Å²) in [4.78, 5) is 4.09. The highest BCUT2D eigenvalue weighted by Crippen LogP contribution is 2.28. The van der Waals surface area contributed by atoms with Crippen LogP contribution in [0.4, 0.5) is 0 Å². The van der Waals surface area contributed by atoms with E-state index >= 15 is 0 Å². The van der Waals surface area contributed by atoms with Gasteiger partial charge in [-0.3, -0.25) is 4.99 Å². The second-order valence-corrected chi connectivity index (χ2v) is 5.47. The van der Waals surface area contributed by atoms with Crippen LogP contribution in [0.1, 0.15) is 33.1 Å². The molecule has 1 fully saturated rings. The molecule has 1 aliphatic rings. The maximum Gasteiger partial charge on any atom is 0.188 e. The van der Waals surface area contributed by atoms with Gasteiger partial charge in [-0.2, -0.15) is 0 Å². The Balaban J connectivity index is 0.00000324. The molecule has 0 aromatic rings. The third-order valence-electron chi connectivity index (χ3n) is 2.86. The number of aliphatic hydroxyl groups excluding tert-OH is 1. The number of ether oxygens (including phenoxy) is 1. The summed E-state index contributed by atoms with van der Waals surface area (Å²) in [6, 6.07) is 0. The van der Waals surface area contributed by atoms with Gasteiger partial charge in [0.05, 0.1) is 19.3 Å². The first-order valence-corrected chi connectivity index (χ1v) is 6.87. The maximum atomic E-state index is 9.63. The molecule has 0 saturated heterocycles. The van der Waals surface area contributed by atoms with E-state index in [2.05, 4.69) is 24.2 Å². The Morgan fingerprint density at radius 3 is 2.74 bits per heavy atom. The Kier molecular flexibility index (Phi) is 10.6. The molecule has 0 aromatic heterocycles. The number of nitrogens with one attached hydrogen (secondary N) is 1. The molecule has 1 rings (SSSR count). The first-order valence-electron chi connectivity index (χ1n) is 6.87.